The SMILES string of the molecule is O=C(O)[C@@H]1[C@H]2CC2CN1C(=O)OCc1ccccc1.O=C(OCc1ccccc1)N1CC2C[C@@H]2[C@H]1CO. The molecule has 2 heterocycles. The van der Waals surface area contributed by atoms with E-state index < -0.39 is 18.1 Å². The van der Waals surface area contributed by atoms with Gasteiger partial charge in [-0.15, -0.1) is 0 Å². The van der Waals surface area contributed by atoms with Crippen molar-refractivity contribution in [3.8, 4) is 0 Å². The van der Waals surface area contributed by atoms with E-state index in [1.807, 2.05) is 60.7 Å². The molecule has 4 fully saturated rings. The molecule has 37 heavy (non-hydrogen) atoms. The number of carbonyl (C=O) groups is 3. The lowest BCUT2D eigenvalue weighted by Gasteiger charge is -2.25. The number of likely N-dealkylation sites (tertiary alicyclic amines) is 2. The van der Waals surface area contributed by atoms with Crippen molar-refractivity contribution in [2.75, 3.05) is 19.7 Å². The number of amides is 2. The van der Waals surface area contributed by atoms with Crippen molar-refractivity contribution >= 4 is 18.2 Å². The normalized spacial score (nSPS) is 28.4. The average Bonchev–Trinajstić information content (AvgIpc) is 3.80. The van der Waals surface area contributed by atoms with E-state index in [1.54, 1.807) is 4.90 Å². The molecule has 9 heteroatoms. The summed E-state index contributed by atoms with van der Waals surface area (Å²) in [7, 11) is 0. The molecule has 2 saturated heterocycles. The highest BCUT2D eigenvalue weighted by Gasteiger charge is 2.57. The van der Waals surface area contributed by atoms with Gasteiger partial charge in [0.15, 0.2) is 0 Å². The van der Waals surface area contributed by atoms with Crippen molar-refractivity contribution in [3.05, 3.63) is 71.8 Å². The van der Waals surface area contributed by atoms with Crippen LogP contribution in [0.1, 0.15) is 24.0 Å². The fourth-order valence-corrected chi connectivity index (χ4v) is 5.59. The number of aliphatic hydroxyl groups excluding tert-OH is 1. The van der Waals surface area contributed by atoms with Gasteiger partial charge in [0.1, 0.15) is 19.3 Å². The number of ether oxygens (including phenoxy) is 2. The lowest BCUT2D eigenvalue weighted by atomic mass is 10.2. The van der Waals surface area contributed by atoms with Crippen LogP contribution in [0.3, 0.4) is 0 Å². The van der Waals surface area contributed by atoms with Gasteiger partial charge in [-0.1, -0.05) is 60.7 Å². The lowest BCUT2D eigenvalue weighted by Crippen LogP contribution is -2.43. The number of aliphatic carboxylic acids is 1. The van der Waals surface area contributed by atoms with E-state index in [0.29, 0.717) is 30.9 Å². The zero-order valence-corrected chi connectivity index (χ0v) is 20.5. The lowest BCUT2D eigenvalue weighted by molar-refractivity contribution is -0.142. The molecule has 6 atom stereocenters. The minimum absolute atomic E-state index is 0.0294. The summed E-state index contributed by atoms with van der Waals surface area (Å²) in [6.07, 6.45) is 1.24. The van der Waals surface area contributed by atoms with Crippen LogP contribution in [-0.4, -0.2) is 69.9 Å². The van der Waals surface area contributed by atoms with Crippen molar-refractivity contribution in [2.45, 2.75) is 38.1 Å². The summed E-state index contributed by atoms with van der Waals surface area (Å²) in [4.78, 5) is 38.1. The van der Waals surface area contributed by atoms with Crippen LogP contribution in [0, 0.1) is 23.7 Å². The zero-order valence-electron chi connectivity index (χ0n) is 20.5. The van der Waals surface area contributed by atoms with Crippen molar-refractivity contribution < 1.29 is 34.1 Å². The summed E-state index contributed by atoms with van der Waals surface area (Å²) in [6.45, 7) is 1.77. The van der Waals surface area contributed by atoms with Gasteiger partial charge in [0.2, 0.25) is 0 Å². The molecule has 6 rings (SSSR count). The average molecular weight is 509 g/mol. The monoisotopic (exact) mass is 508 g/mol. The Kier molecular flexibility index (Phi) is 7.32. The van der Waals surface area contributed by atoms with Crippen LogP contribution in [-0.2, 0) is 27.5 Å². The van der Waals surface area contributed by atoms with Gasteiger partial charge < -0.3 is 24.6 Å². The maximum atomic E-state index is 11.9. The van der Waals surface area contributed by atoms with E-state index in [2.05, 4.69) is 0 Å². The van der Waals surface area contributed by atoms with Crippen LogP contribution in [0.15, 0.2) is 60.7 Å². The number of hydrogen-bond acceptors (Lipinski definition) is 6. The molecule has 4 aliphatic rings. The topological polar surface area (TPSA) is 117 Å². The zero-order chi connectivity index (χ0) is 25.9. The first-order valence-corrected chi connectivity index (χ1v) is 12.7. The van der Waals surface area contributed by atoms with Crippen molar-refractivity contribution in [3.63, 3.8) is 0 Å². The van der Waals surface area contributed by atoms with Crippen LogP contribution in [0.5, 0.6) is 0 Å². The molecule has 2 amide bonds. The van der Waals surface area contributed by atoms with Gasteiger partial charge >= 0.3 is 18.2 Å². The van der Waals surface area contributed by atoms with E-state index in [0.717, 1.165) is 30.5 Å². The number of nitrogens with zero attached hydrogens (tertiary/aromatic N) is 2. The Hall–Kier alpha value is -3.59. The predicted molar refractivity (Wildman–Crippen MR) is 132 cm³/mol. The molecule has 196 valence electrons. The fraction of sp³-hybridized carbons (Fsp3) is 0.464. The van der Waals surface area contributed by atoms with Gasteiger partial charge in [-0.25, -0.2) is 14.4 Å². The molecule has 2 saturated carbocycles. The van der Waals surface area contributed by atoms with E-state index in [1.165, 1.54) is 4.90 Å². The van der Waals surface area contributed by atoms with Crippen LogP contribution in [0.2, 0.25) is 0 Å². The Labute approximate surface area is 215 Å². The summed E-state index contributed by atoms with van der Waals surface area (Å²) in [5.74, 6) is 0.638. The number of aliphatic hydroxyl groups is 1. The number of fused-ring (bicyclic) bond motifs is 2. The summed E-state index contributed by atoms with van der Waals surface area (Å²) in [5.41, 5.74) is 1.88. The molecule has 2 aliphatic heterocycles. The first-order valence-electron chi connectivity index (χ1n) is 12.7. The number of benzene rings is 2. The van der Waals surface area contributed by atoms with Crippen LogP contribution in [0.25, 0.3) is 0 Å². The predicted octanol–water partition coefficient (Wildman–Crippen LogP) is 3.36. The highest BCUT2D eigenvalue weighted by Crippen LogP contribution is 2.50. The largest absolute Gasteiger partial charge is 0.480 e. The fourth-order valence-electron chi connectivity index (χ4n) is 5.59. The molecule has 0 aromatic heterocycles. The Bertz CT molecular complexity index is 1110. The highest BCUT2D eigenvalue weighted by atomic mass is 16.6. The third-order valence-corrected chi connectivity index (χ3v) is 7.77. The molecular weight excluding hydrogens is 476 g/mol. The van der Waals surface area contributed by atoms with Crippen LogP contribution >= 0.6 is 0 Å². The molecule has 2 aromatic rings. The third kappa shape index (κ3) is 5.72. The number of carbonyl (C=O) groups excluding carboxylic acids is 2. The first kappa shape index (κ1) is 25.1. The number of hydrogen-bond donors (Lipinski definition) is 2. The standard InChI is InChI=1S/C14H15NO4.C14H17NO3/c16-13(17)12-11-6-10(11)7-15(12)14(18)19-8-9-4-2-1-3-5-9;16-8-13-12-6-11(12)7-15(13)14(17)18-9-10-4-2-1-3-5-10/h1-5,10-12H,6-8H2,(H,16,17);1-5,11-13,16H,6-9H2/t10?,11-,12-;11?,12-,13+/m00/s1. The number of carboxylic acids is 1. The Balaban J connectivity index is 0.000000152. The quantitative estimate of drug-likeness (QED) is 0.615. The smallest absolute Gasteiger partial charge is 0.410 e. The highest BCUT2D eigenvalue weighted by molar-refractivity contribution is 5.82. The van der Waals surface area contributed by atoms with Gasteiger partial charge in [-0.2, -0.15) is 0 Å². The molecule has 2 unspecified atom stereocenters. The second kappa shape index (κ2) is 10.8. The first-order chi connectivity index (χ1) is 18.0. The number of piperidine rings is 2. The van der Waals surface area contributed by atoms with Gasteiger partial charge in [-0.05, 0) is 47.6 Å². The second-order valence-electron chi connectivity index (χ2n) is 10.2. The molecule has 9 nitrogen and oxygen atoms in total. The molecule has 2 aliphatic carbocycles. The maximum absolute atomic E-state index is 11.9. The third-order valence-electron chi connectivity index (χ3n) is 7.77. The second-order valence-corrected chi connectivity index (χ2v) is 10.2. The van der Waals surface area contributed by atoms with Gasteiger partial charge in [0.05, 0.1) is 12.6 Å². The Morgan fingerprint density at radius 3 is 1.78 bits per heavy atom. The van der Waals surface area contributed by atoms with Gasteiger partial charge in [0.25, 0.3) is 0 Å². The summed E-state index contributed by atoms with van der Waals surface area (Å²) < 4.78 is 10.5. The maximum Gasteiger partial charge on any atom is 0.410 e. The molecule has 0 spiro atoms. The van der Waals surface area contributed by atoms with Crippen molar-refractivity contribution in [1.82, 2.24) is 9.80 Å². The molecule has 0 radical (unpaired) electrons. The van der Waals surface area contributed by atoms with E-state index in [9.17, 15) is 19.5 Å². The van der Waals surface area contributed by atoms with Crippen molar-refractivity contribution in [1.29, 1.82) is 0 Å². The summed E-state index contributed by atoms with van der Waals surface area (Å²) in [6, 6.07) is 18.3. The molecule has 2 aromatic carbocycles. The minimum Gasteiger partial charge on any atom is -0.480 e. The molecular formula is C28H32N2O7. The Morgan fingerprint density at radius 2 is 1.24 bits per heavy atom. The Morgan fingerprint density at radius 1 is 0.757 bits per heavy atom. The summed E-state index contributed by atoms with van der Waals surface area (Å²) >= 11 is 0. The van der Waals surface area contributed by atoms with Crippen molar-refractivity contribution in [2.24, 2.45) is 23.7 Å². The number of rotatable bonds is 6. The van der Waals surface area contributed by atoms with E-state index in [-0.39, 0.29) is 31.3 Å². The van der Waals surface area contributed by atoms with Crippen LogP contribution in [0.4, 0.5) is 9.59 Å². The molecule has 0 bridgehead atoms. The molecule has 2 N–H and O–H groups in total. The van der Waals surface area contributed by atoms with Gasteiger partial charge in [-0.3, -0.25) is 4.90 Å². The number of carboxylic acid groups (broad SMARTS) is 1. The van der Waals surface area contributed by atoms with E-state index >= 15 is 0 Å². The summed E-state index contributed by atoms with van der Waals surface area (Å²) in [5, 5.41) is 18.5. The van der Waals surface area contributed by atoms with E-state index in [4.69, 9.17) is 14.6 Å². The van der Waals surface area contributed by atoms with Crippen LogP contribution < -0.4 is 0 Å². The van der Waals surface area contributed by atoms with Gasteiger partial charge in [0, 0.05) is 13.1 Å². The minimum atomic E-state index is -0.929.